The molecular formula is C9H8ClN3OS. The Kier molecular flexibility index (Phi) is 3.03. The van der Waals surface area contributed by atoms with Crippen LogP contribution in [0.1, 0.15) is 4.88 Å². The number of nitrogens with zero attached hydrogens (tertiary/aromatic N) is 1. The minimum absolute atomic E-state index is 0.222. The van der Waals surface area contributed by atoms with E-state index in [9.17, 15) is 4.79 Å². The average Bonchev–Trinajstić information content (AvgIpc) is 2.63. The molecule has 0 atom stereocenters. The van der Waals surface area contributed by atoms with E-state index in [-0.39, 0.29) is 5.56 Å². The molecule has 0 unspecified atom stereocenters. The van der Waals surface area contributed by atoms with Crippen LogP contribution in [0.2, 0.25) is 4.34 Å². The number of nitrogens with one attached hydrogen (secondary N) is 2. The smallest absolute Gasteiger partial charge is 0.290 e. The number of hydrogen-bond acceptors (Lipinski definition) is 4. The molecule has 0 amide bonds. The van der Waals surface area contributed by atoms with Gasteiger partial charge in [0.15, 0.2) is 5.82 Å². The van der Waals surface area contributed by atoms with Crippen LogP contribution in [-0.2, 0) is 6.54 Å². The zero-order valence-electron chi connectivity index (χ0n) is 7.66. The number of thiophene rings is 1. The lowest BCUT2D eigenvalue weighted by molar-refractivity contribution is 1.07. The van der Waals surface area contributed by atoms with Crippen LogP contribution in [0.25, 0.3) is 0 Å². The lowest BCUT2D eigenvalue weighted by Gasteiger charge is -2.00. The molecule has 0 bridgehead atoms. The topological polar surface area (TPSA) is 57.8 Å². The van der Waals surface area contributed by atoms with Crippen LogP contribution in [-0.4, -0.2) is 9.97 Å². The van der Waals surface area contributed by atoms with Gasteiger partial charge in [0.1, 0.15) is 0 Å². The average molecular weight is 242 g/mol. The van der Waals surface area contributed by atoms with Crippen LogP contribution in [0, 0.1) is 0 Å². The summed E-state index contributed by atoms with van der Waals surface area (Å²) < 4.78 is 0.738. The molecule has 0 aliphatic heterocycles. The van der Waals surface area contributed by atoms with Crippen molar-refractivity contribution in [2.24, 2.45) is 0 Å². The van der Waals surface area contributed by atoms with Gasteiger partial charge in [-0.25, -0.2) is 4.98 Å². The fraction of sp³-hybridized carbons (Fsp3) is 0.111. The lowest BCUT2D eigenvalue weighted by Crippen LogP contribution is -2.14. The monoisotopic (exact) mass is 241 g/mol. The maximum absolute atomic E-state index is 11.2. The number of halogens is 1. The van der Waals surface area contributed by atoms with Crippen molar-refractivity contribution in [3.05, 3.63) is 44.1 Å². The van der Waals surface area contributed by atoms with Gasteiger partial charge >= 0.3 is 0 Å². The molecular weight excluding hydrogens is 234 g/mol. The summed E-state index contributed by atoms with van der Waals surface area (Å²) in [7, 11) is 0. The van der Waals surface area contributed by atoms with Crippen LogP contribution in [0.3, 0.4) is 0 Å². The first kappa shape index (κ1) is 10.2. The Morgan fingerprint density at radius 1 is 1.53 bits per heavy atom. The molecule has 2 heterocycles. The molecule has 2 rings (SSSR count). The third kappa shape index (κ3) is 2.57. The van der Waals surface area contributed by atoms with Gasteiger partial charge in [0.25, 0.3) is 5.56 Å². The summed E-state index contributed by atoms with van der Waals surface area (Å²) in [5.41, 5.74) is -0.222. The first-order chi connectivity index (χ1) is 7.25. The molecule has 4 nitrogen and oxygen atoms in total. The summed E-state index contributed by atoms with van der Waals surface area (Å²) in [5.74, 6) is 0.321. The van der Waals surface area contributed by atoms with Crippen molar-refractivity contribution < 1.29 is 0 Å². The van der Waals surface area contributed by atoms with Crippen molar-refractivity contribution in [3.8, 4) is 0 Å². The minimum atomic E-state index is -0.222. The summed E-state index contributed by atoms with van der Waals surface area (Å²) in [6.45, 7) is 0.553. The van der Waals surface area contributed by atoms with E-state index in [0.29, 0.717) is 12.4 Å². The maximum Gasteiger partial charge on any atom is 0.290 e. The maximum atomic E-state index is 11.2. The Bertz CT molecular complexity index is 508. The van der Waals surface area contributed by atoms with Gasteiger partial charge in [-0.1, -0.05) is 11.6 Å². The highest BCUT2D eigenvalue weighted by Crippen LogP contribution is 2.21. The van der Waals surface area contributed by atoms with E-state index in [1.165, 1.54) is 23.7 Å². The van der Waals surface area contributed by atoms with Crippen LogP contribution in [0.15, 0.2) is 29.3 Å². The second-order valence-electron chi connectivity index (χ2n) is 2.83. The summed E-state index contributed by atoms with van der Waals surface area (Å²) in [6, 6.07) is 3.74. The highest BCUT2D eigenvalue weighted by molar-refractivity contribution is 7.16. The molecule has 6 heteroatoms. The highest BCUT2D eigenvalue weighted by Gasteiger charge is 2.01. The van der Waals surface area contributed by atoms with Crippen molar-refractivity contribution in [3.63, 3.8) is 0 Å². The van der Waals surface area contributed by atoms with Crippen LogP contribution < -0.4 is 10.9 Å². The lowest BCUT2D eigenvalue weighted by atomic mass is 10.4. The number of aromatic amines is 1. The van der Waals surface area contributed by atoms with Crippen LogP contribution in [0.4, 0.5) is 5.82 Å². The standard InChI is InChI=1S/C9H8ClN3OS/c10-7-2-1-6(15-7)5-13-8-9(14)12-4-3-11-8/h1-4H,5H2,(H,11,13)(H,12,14). The van der Waals surface area contributed by atoms with Gasteiger partial charge in [-0.15, -0.1) is 11.3 Å². The molecule has 0 spiro atoms. The number of hydrogen-bond donors (Lipinski definition) is 2. The van der Waals surface area contributed by atoms with Crippen molar-refractivity contribution in [1.82, 2.24) is 9.97 Å². The van der Waals surface area contributed by atoms with Crippen molar-refractivity contribution in [2.45, 2.75) is 6.54 Å². The largest absolute Gasteiger partial charge is 0.361 e. The van der Waals surface area contributed by atoms with Gasteiger partial charge in [0, 0.05) is 17.3 Å². The van der Waals surface area contributed by atoms with Crippen LogP contribution >= 0.6 is 22.9 Å². The first-order valence-electron chi connectivity index (χ1n) is 4.27. The molecule has 0 aliphatic rings. The zero-order chi connectivity index (χ0) is 10.7. The number of aromatic nitrogens is 2. The van der Waals surface area contributed by atoms with E-state index in [1.54, 1.807) is 0 Å². The number of rotatable bonds is 3. The Balaban J connectivity index is 2.05. The summed E-state index contributed by atoms with van der Waals surface area (Å²) in [4.78, 5) is 18.8. The third-order valence-electron chi connectivity index (χ3n) is 1.77. The molecule has 15 heavy (non-hydrogen) atoms. The molecule has 0 aliphatic carbocycles. The van der Waals surface area contributed by atoms with Crippen LogP contribution in [0.5, 0.6) is 0 Å². The van der Waals surface area contributed by atoms with Gasteiger partial charge in [0.2, 0.25) is 0 Å². The SMILES string of the molecule is O=c1[nH]ccnc1NCc1ccc(Cl)s1. The third-order valence-corrected chi connectivity index (χ3v) is 3.00. The molecule has 2 aromatic rings. The van der Waals surface area contributed by atoms with Gasteiger partial charge < -0.3 is 10.3 Å². The van der Waals surface area contributed by atoms with E-state index in [4.69, 9.17) is 11.6 Å². The Hall–Kier alpha value is -1.33. The quantitative estimate of drug-likeness (QED) is 0.865. The fourth-order valence-electron chi connectivity index (χ4n) is 1.10. The second-order valence-corrected chi connectivity index (χ2v) is 4.63. The molecule has 0 saturated carbocycles. The predicted molar refractivity (Wildman–Crippen MR) is 61.5 cm³/mol. The number of anilines is 1. The summed E-state index contributed by atoms with van der Waals surface area (Å²) in [6.07, 6.45) is 3.03. The predicted octanol–water partition coefficient (Wildman–Crippen LogP) is 2.10. The van der Waals surface area contributed by atoms with Crippen molar-refractivity contribution in [1.29, 1.82) is 0 Å². The zero-order valence-corrected chi connectivity index (χ0v) is 9.23. The second kappa shape index (κ2) is 4.46. The van der Waals surface area contributed by atoms with Crippen molar-refractivity contribution >= 4 is 28.8 Å². The molecule has 2 N–H and O–H groups in total. The van der Waals surface area contributed by atoms with E-state index in [0.717, 1.165) is 9.21 Å². The van der Waals surface area contributed by atoms with Crippen molar-refractivity contribution in [2.75, 3.05) is 5.32 Å². The molecule has 0 fully saturated rings. The Labute approximate surface area is 94.9 Å². The Morgan fingerprint density at radius 3 is 3.07 bits per heavy atom. The van der Waals surface area contributed by atoms with Gasteiger partial charge in [-0.3, -0.25) is 4.79 Å². The van der Waals surface area contributed by atoms with Gasteiger partial charge in [0.05, 0.1) is 10.9 Å². The van der Waals surface area contributed by atoms with E-state index < -0.39 is 0 Å². The fourth-order valence-corrected chi connectivity index (χ4v) is 2.12. The van der Waals surface area contributed by atoms with E-state index >= 15 is 0 Å². The minimum Gasteiger partial charge on any atom is -0.361 e. The highest BCUT2D eigenvalue weighted by atomic mass is 35.5. The van der Waals surface area contributed by atoms with Gasteiger partial charge in [-0.05, 0) is 12.1 Å². The van der Waals surface area contributed by atoms with E-state index in [2.05, 4.69) is 15.3 Å². The molecule has 2 aromatic heterocycles. The molecule has 0 saturated heterocycles. The summed E-state index contributed by atoms with van der Waals surface area (Å²) in [5, 5.41) is 2.94. The Morgan fingerprint density at radius 2 is 2.40 bits per heavy atom. The number of H-pyrrole nitrogens is 1. The van der Waals surface area contributed by atoms with E-state index in [1.807, 2.05) is 12.1 Å². The normalized spacial score (nSPS) is 10.2. The molecule has 0 radical (unpaired) electrons. The van der Waals surface area contributed by atoms with Gasteiger partial charge in [-0.2, -0.15) is 0 Å². The first-order valence-corrected chi connectivity index (χ1v) is 5.47. The summed E-state index contributed by atoms with van der Waals surface area (Å²) >= 11 is 7.26. The molecule has 0 aromatic carbocycles. The molecule has 78 valence electrons.